The maximum Gasteiger partial charge on any atom is 0.140 e. The highest BCUT2D eigenvalue weighted by atomic mass is 16.5. The van der Waals surface area contributed by atoms with E-state index in [1.165, 1.54) is 12.8 Å². The number of carbonyl (C=O) groups is 2. The highest BCUT2D eigenvalue weighted by Crippen LogP contribution is 2.07. The SMILES string of the molecule is CCCCCCC(=O)CC(=O)CCCCCOC. The van der Waals surface area contributed by atoms with Gasteiger partial charge in [0.15, 0.2) is 0 Å². The Morgan fingerprint density at radius 1 is 0.833 bits per heavy atom. The predicted octanol–water partition coefficient (Wildman–Crippen LogP) is 3.69. The number of Topliss-reactive ketones (excluding diaryl/α,β-unsaturated/α-hetero) is 2. The number of carbonyl (C=O) groups excluding carboxylic acids is 2. The lowest BCUT2D eigenvalue weighted by Crippen LogP contribution is -2.07. The second kappa shape index (κ2) is 12.7. The zero-order chi connectivity index (χ0) is 13.6. The number of ether oxygens (including phenoxy) is 1. The third-order valence-electron chi connectivity index (χ3n) is 3.01. The number of ketones is 2. The summed E-state index contributed by atoms with van der Waals surface area (Å²) in [5, 5.41) is 0. The van der Waals surface area contributed by atoms with Crippen molar-refractivity contribution in [1.29, 1.82) is 0 Å². The zero-order valence-corrected chi connectivity index (χ0v) is 12.0. The van der Waals surface area contributed by atoms with E-state index < -0.39 is 0 Å². The van der Waals surface area contributed by atoms with Crippen LogP contribution in [0.4, 0.5) is 0 Å². The third-order valence-corrected chi connectivity index (χ3v) is 3.01. The Bertz CT molecular complexity index is 224. The van der Waals surface area contributed by atoms with Crippen molar-refractivity contribution in [1.82, 2.24) is 0 Å². The fraction of sp³-hybridized carbons (Fsp3) is 0.867. The summed E-state index contributed by atoms with van der Waals surface area (Å²) in [6.07, 6.45) is 8.55. The second-order valence-corrected chi connectivity index (χ2v) is 4.87. The number of rotatable bonds is 13. The first kappa shape index (κ1) is 17.3. The lowest BCUT2D eigenvalue weighted by atomic mass is 10.0. The van der Waals surface area contributed by atoms with Gasteiger partial charge in [0.2, 0.25) is 0 Å². The molecule has 18 heavy (non-hydrogen) atoms. The molecule has 0 aromatic carbocycles. The summed E-state index contributed by atoms with van der Waals surface area (Å²) in [7, 11) is 1.68. The summed E-state index contributed by atoms with van der Waals surface area (Å²) in [4.78, 5) is 23.0. The van der Waals surface area contributed by atoms with Crippen LogP contribution in [0, 0.1) is 0 Å². The van der Waals surface area contributed by atoms with Crippen LogP contribution in [-0.4, -0.2) is 25.3 Å². The first-order valence-corrected chi connectivity index (χ1v) is 7.23. The van der Waals surface area contributed by atoms with Crippen LogP contribution < -0.4 is 0 Å². The van der Waals surface area contributed by atoms with Crippen molar-refractivity contribution < 1.29 is 14.3 Å². The Kier molecular flexibility index (Phi) is 12.3. The molecule has 0 unspecified atom stereocenters. The van der Waals surface area contributed by atoms with Gasteiger partial charge in [0.1, 0.15) is 11.6 Å². The Hall–Kier alpha value is -0.700. The molecule has 0 aliphatic heterocycles. The Balaban J connectivity index is 3.41. The minimum atomic E-state index is 0.105. The molecule has 0 radical (unpaired) electrons. The van der Waals surface area contributed by atoms with Gasteiger partial charge in [-0.25, -0.2) is 0 Å². The average molecular weight is 256 g/mol. The van der Waals surface area contributed by atoms with Crippen LogP contribution >= 0.6 is 0 Å². The minimum Gasteiger partial charge on any atom is -0.385 e. The third kappa shape index (κ3) is 11.8. The van der Waals surface area contributed by atoms with Crippen LogP contribution in [0.15, 0.2) is 0 Å². The van der Waals surface area contributed by atoms with E-state index in [0.717, 1.165) is 38.7 Å². The lowest BCUT2D eigenvalue weighted by molar-refractivity contribution is -0.127. The number of methoxy groups -OCH3 is 1. The molecule has 0 aliphatic rings. The van der Waals surface area contributed by atoms with Crippen LogP contribution in [0.1, 0.15) is 71.1 Å². The fourth-order valence-corrected chi connectivity index (χ4v) is 1.89. The van der Waals surface area contributed by atoms with Gasteiger partial charge in [-0.2, -0.15) is 0 Å². The Morgan fingerprint density at radius 3 is 1.89 bits per heavy atom. The summed E-state index contributed by atoms with van der Waals surface area (Å²) < 4.78 is 4.94. The van der Waals surface area contributed by atoms with Crippen molar-refractivity contribution >= 4 is 11.6 Å². The number of unbranched alkanes of at least 4 members (excludes halogenated alkanes) is 5. The molecule has 0 heterocycles. The van der Waals surface area contributed by atoms with E-state index in [1.807, 2.05) is 0 Å². The van der Waals surface area contributed by atoms with E-state index in [1.54, 1.807) is 7.11 Å². The van der Waals surface area contributed by atoms with Gasteiger partial charge >= 0.3 is 0 Å². The standard InChI is InChI=1S/C15H28O3/c1-3-4-5-7-10-14(16)13-15(17)11-8-6-9-12-18-2/h3-13H2,1-2H3. The summed E-state index contributed by atoms with van der Waals surface area (Å²) in [6.45, 7) is 2.90. The van der Waals surface area contributed by atoms with Crippen molar-refractivity contribution in [3.63, 3.8) is 0 Å². The number of hydrogen-bond acceptors (Lipinski definition) is 3. The van der Waals surface area contributed by atoms with Crippen molar-refractivity contribution in [3.05, 3.63) is 0 Å². The molecule has 0 bridgehead atoms. The first-order valence-electron chi connectivity index (χ1n) is 7.23. The molecule has 0 aromatic heterocycles. The average Bonchev–Trinajstić information content (AvgIpc) is 2.34. The van der Waals surface area contributed by atoms with Gasteiger partial charge in [-0.05, 0) is 19.3 Å². The molecule has 0 spiro atoms. The Morgan fingerprint density at radius 2 is 1.39 bits per heavy atom. The molecule has 0 atom stereocenters. The monoisotopic (exact) mass is 256 g/mol. The molecule has 3 heteroatoms. The Labute approximate surface area is 111 Å². The second-order valence-electron chi connectivity index (χ2n) is 4.87. The fourth-order valence-electron chi connectivity index (χ4n) is 1.89. The molecular formula is C15H28O3. The van der Waals surface area contributed by atoms with Gasteiger partial charge in [-0.1, -0.05) is 32.6 Å². The smallest absolute Gasteiger partial charge is 0.140 e. The summed E-state index contributed by atoms with van der Waals surface area (Å²) in [6, 6.07) is 0. The van der Waals surface area contributed by atoms with Gasteiger partial charge in [0.05, 0.1) is 6.42 Å². The molecular weight excluding hydrogens is 228 g/mol. The van der Waals surface area contributed by atoms with E-state index >= 15 is 0 Å². The van der Waals surface area contributed by atoms with Crippen molar-refractivity contribution in [2.24, 2.45) is 0 Å². The molecule has 106 valence electrons. The van der Waals surface area contributed by atoms with Crippen LogP contribution in [0.5, 0.6) is 0 Å². The van der Waals surface area contributed by atoms with E-state index in [0.29, 0.717) is 12.8 Å². The lowest BCUT2D eigenvalue weighted by Gasteiger charge is -2.02. The van der Waals surface area contributed by atoms with Crippen LogP contribution in [0.3, 0.4) is 0 Å². The maximum atomic E-state index is 11.5. The van der Waals surface area contributed by atoms with Gasteiger partial charge in [-0.3, -0.25) is 9.59 Å². The largest absolute Gasteiger partial charge is 0.385 e. The van der Waals surface area contributed by atoms with Gasteiger partial charge < -0.3 is 4.74 Å². The highest BCUT2D eigenvalue weighted by Gasteiger charge is 2.08. The first-order chi connectivity index (χ1) is 8.70. The molecule has 0 saturated heterocycles. The van der Waals surface area contributed by atoms with E-state index in [2.05, 4.69) is 6.92 Å². The predicted molar refractivity (Wildman–Crippen MR) is 73.7 cm³/mol. The molecule has 0 fully saturated rings. The van der Waals surface area contributed by atoms with E-state index in [9.17, 15) is 9.59 Å². The van der Waals surface area contributed by atoms with E-state index in [-0.39, 0.29) is 18.0 Å². The topological polar surface area (TPSA) is 43.4 Å². The molecule has 3 nitrogen and oxygen atoms in total. The van der Waals surface area contributed by atoms with Gasteiger partial charge in [0.25, 0.3) is 0 Å². The summed E-state index contributed by atoms with van der Waals surface area (Å²) in [5.74, 6) is 0.223. The molecule has 0 rings (SSSR count). The number of hydrogen-bond donors (Lipinski definition) is 0. The van der Waals surface area contributed by atoms with Crippen LogP contribution in [0.25, 0.3) is 0 Å². The van der Waals surface area contributed by atoms with Crippen molar-refractivity contribution in [2.45, 2.75) is 71.1 Å². The summed E-state index contributed by atoms with van der Waals surface area (Å²) in [5.41, 5.74) is 0. The van der Waals surface area contributed by atoms with Gasteiger partial charge in [0, 0.05) is 26.6 Å². The zero-order valence-electron chi connectivity index (χ0n) is 12.0. The van der Waals surface area contributed by atoms with Gasteiger partial charge in [-0.15, -0.1) is 0 Å². The van der Waals surface area contributed by atoms with E-state index in [4.69, 9.17) is 4.74 Å². The molecule has 0 aliphatic carbocycles. The molecule has 0 saturated carbocycles. The quantitative estimate of drug-likeness (QED) is 0.373. The highest BCUT2D eigenvalue weighted by molar-refractivity contribution is 5.98. The van der Waals surface area contributed by atoms with Crippen molar-refractivity contribution in [3.8, 4) is 0 Å². The minimum absolute atomic E-state index is 0.105. The van der Waals surface area contributed by atoms with Crippen LogP contribution in [-0.2, 0) is 14.3 Å². The molecule has 0 N–H and O–H groups in total. The maximum absolute atomic E-state index is 11.5. The van der Waals surface area contributed by atoms with Crippen molar-refractivity contribution in [2.75, 3.05) is 13.7 Å². The molecule has 0 amide bonds. The van der Waals surface area contributed by atoms with Crippen LogP contribution in [0.2, 0.25) is 0 Å². The molecule has 0 aromatic rings. The normalized spacial score (nSPS) is 10.6. The summed E-state index contributed by atoms with van der Waals surface area (Å²) >= 11 is 0.